The lowest BCUT2D eigenvalue weighted by Crippen LogP contribution is -1.96. The fourth-order valence-electron chi connectivity index (χ4n) is 1.59. The summed E-state index contributed by atoms with van der Waals surface area (Å²) in [7, 11) is 0. The van der Waals surface area contributed by atoms with Crippen molar-refractivity contribution in [1.82, 2.24) is 4.98 Å². The second-order valence-corrected chi connectivity index (χ2v) is 3.93. The Morgan fingerprint density at radius 3 is 2.94 bits per heavy atom. The lowest BCUT2D eigenvalue weighted by Gasteiger charge is -2.00. The van der Waals surface area contributed by atoms with Crippen molar-refractivity contribution in [3.8, 4) is 0 Å². The number of allylic oxidation sites excluding steroid dienone is 1. The molecule has 0 aliphatic carbocycles. The van der Waals surface area contributed by atoms with Gasteiger partial charge in [-0.15, -0.1) is 0 Å². The predicted molar refractivity (Wildman–Crippen MR) is 66.8 cm³/mol. The molecular weight excluding hydrogens is 214 g/mol. The van der Waals surface area contributed by atoms with Crippen LogP contribution in [0.15, 0.2) is 48.2 Å². The third kappa shape index (κ3) is 2.69. The van der Waals surface area contributed by atoms with Gasteiger partial charge in [0.1, 0.15) is 0 Å². The predicted octanol–water partition coefficient (Wildman–Crippen LogP) is 2.81. The second-order valence-electron chi connectivity index (χ2n) is 3.93. The van der Waals surface area contributed by atoms with Crippen molar-refractivity contribution in [2.75, 3.05) is 0 Å². The summed E-state index contributed by atoms with van der Waals surface area (Å²) in [5.41, 5.74) is 2.33. The standard InChI is InChI=1S/C14H13NO2/c1-10(14(16)17)6-7-11-8-12-4-2-3-5-13(12)15-9-11/h2-6,8-9H,7H2,1H3,(H,16,17). The normalized spacial score (nSPS) is 11.7. The summed E-state index contributed by atoms with van der Waals surface area (Å²) in [4.78, 5) is 15.0. The maximum absolute atomic E-state index is 10.6. The van der Waals surface area contributed by atoms with Gasteiger partial charge in [0.15, 0.2) is 0 Å². The molecule has 0 saturated heterocycles. The summed E-state index contributed by atoms with van der Waals surface area (Å²) in [6.45, 7) is 1.59. The Balaban J connectivity index is 2.25. The largest absolute Gasteiger partial charge is 0.478 e. The second kappa shape index (κ2) is 4.78. The molecule has 3 heteroatoms. The van der Waals surface area contributed by atoms with Crippen LogP contribution in [0.25, 0.3) is 10.9 Å². The van der Waals surface area contributed by atoms with Gasteiger partial charge < -0.3 is 5.11 Å². The molecule has 0 aliphatic rings. The molecule has 0 spiro atoms. The van der Waals surface area contributed by atoms with E-state index in [1.807, 2.05) is 30.3 Å². The summed E-state index contributed by atoms with van der Waals surface area (Å²) < 4.78 is 0. The smallest absolute Gasteiger partial charge is 0.330 e. The molecule has 2 aromatic rings. The van der Waals surface area contributed by atoms with E-state index in [1.165, 1.54) is 0 Å². The van der Waals surface area contributed by atoms with Crippen LogP contribution in [0.1, 0.15) is 12.5 Å². The molecule has 0 bridgehead atoms. The van der Waals surface area contributed by atoms with Gasteiger partial charge in [-0.1, -0.05) is 24.3 Å². The van der Waals surface area contributed by atoms with E-state index in [0.717, 1.165) is 16.5 Å². The monoisotopic (exact) mass is 227 g/mol. The molecule has 0 amide bonds. The third-order valence-corrected chi connectivity index (χ3v) is 2.63. The highest BCUT2D eigenvalue weighted by Gasteiger charge is 2.00. The first-order valence-corrected chi connectivity index (χ1v) is 5.40. The molecule has 0 atom stereocenters. The maximum atomic E-state index is 10.6. The lowest BCUT2D eigenvalue weighted by atomic mass is 10.1. The molecule has 0 radical (unpaired) electrons. The van der Waals surface area contributed by atoms with E-state index in [0.29, 0.717) is 12.0 Å². The van der Waals surface area contributed by atoms with Crippen molar-refractivity contribution in [3.63, 3.8) is 0 Å². The van der Waals surface area contributed by atoms with Crippen LogP contribution in [0, 0.1) is 0 Å². The molecule has 0 unspecified atom stereocenters. The van der Waals surface area contributed by atoms with Gasteiger partial charge in [-0.2, -0.15) is 0 Å². The number of hydrogen-bond acceptors (Lipinski definition) is 2. The van der Waals surface area contributed by atoms with Crippen LogP contribution in [-0.2, 0) is 11.2 Å². The van der Waals surface area contributed by atoms with E-state index in [1.54, 1.807) is 19.2 Å². The van der Waals surface area contributed by atoms with E-state index in [-0.39, 0.29) is 0 Å². The van der Waals surface area contributed by atoms with Crippen molar-refractivity contribution >= 4 is 16.9 Å². The minimum Gasteiger partial charge on any atom is -0.478 e. The van der Waals surface area contributed by atoms with Crippen LogP contribution in [-0.4, -0.2) is 16.1 Å². The number of carboxylic acid groups (broad SMARTS) is 1. The number of fused-ring (bicyclic) bond motifs is 1. The molecule has 1 aromatic heterocycles. The Bertz CT molecular complexity index is 588. The third-order valence-electron chi connectivity index (χ3n) is 2.63. The van der Waals surface area contributed by atoms with Crippen molar-refractivity contribution in [2.24, 2.45) is 0 Å². The maximum Gasteiger partial charge on any atom is 0.330 e. The van der Waals surface area contributed by atoms with Crippen molar-refractivity contribution < 1.29 is 9.90 Å². The van der Waals surface area contributed by atoms with Gasteiger partial charge in [0, 0.05) is 17.2 Å². The Hall–Kier alpha value is -2.16. The van der Waals surface area contributed by atoms with E-state index in [2.05, 4.69) is 4.98 Å². The van der Waals surface area contributed by atoms with Gasteiger partial charge in [-0.3, -0.25) is 4.98 Å². The van der Waals surface area contributed by atoms with Crippen LogP contribution >= 0.6 is 0 Å². The van der Waals surface area contributed by atoms with E-state index >= 15 is 0 Å². The fraction of sp³-hybridized carbons (Fsp3) is 0.143. The highest BCUT2D eigenvalue weighted by molar-refractivity contribution is 5.85. The minimum atomic E-state index is -0.876. The van der Waals surface area contributed by atoms with Gasteiger partial charge in [0.2, 0.25) is 0 Å². The molecule has 0 aliphatic heterocycles. The molecule has 86 valence electrons. The number of para-hydroxylation sites is 1. The molecule has 0 fully saturated rings. The van der Waals surface area contributed by atoms with E-state index in [4.69, 9.17) is 5.11 Å². The molecule has 0 saturated carbocycles. The summed E-state index contributed by atoms with van der Waals surface area (Å²) in [6, 6.07) is 9.90. The fourth-order valence-corrected chi connectivity index (χ4v) is 1.59. The summed E-state index contributed by atoms with van der Waals surface area (Å²) in [5, 5.41) is 9.82. The first kappa shape index (κ1) is 11.3. The minimum absolute atomic E-state index is 0.359. The van der Waals surface area contributed by atoms with Gasteiger partial charge in [0.05, 0.1) is 5.52 Å². The number of aromatic nitrogens is 1. The molecule has 1 N–H and O–H groups in total. The number of aliphatic carboxylic acids is 1. The molecule has 17 heavy (non-hydrogen) atoms. The van der Waals surface area contributed by atoms with Crippen molar-refractivity contribution in [1.29, 1.82) is 0 Å². The first-order valence-electron chi connectivity index (χ1n) is 5.40. The van der Waals surface area contributed by atoms with Crippen LogP contribution in [0.3, 0.4) is 0 Å². The highest BCUT2D eigenvalue weighted by Crippen LogP contribution is 2.13. The van der Waals surface area contributed by atoms with Crippen LogP contribution in [0.5, 0.6) is 0 Å². The summed E-state index contributed by atoms with van der Waals surface area (Å²) in [6.07, 6.45) is 4.08. The SMILES string of the molecule is CC(=CCc1cnc2ccccc2c1)C(=O)O. The average molecular weight is 227 g/mol. The van der Waals surface area contributed by atoms with E-state index < -0.39 is 5.97 Å². The Kier molecular flexibility index (Phi) is 3.19. The van der Waals surface area contributed by atoms with Gasteiger partial charge in [-0.05, 0) is 31.0 Å². The van der Waals surface area contributed by atoms with Crippen LogP contribution in [0.2, 0.25) is 0 Å². The molecule has 1 heterocycles. The lowest BCUT2D eigenvalue weighted by molar-refractivity contribution is -0.132. The van der Waals surface area contributed by atoms with Crippen LogP contribution in [0.4, 0.5) is 0 Å². The molecule has 2 rings (SSSR count). The zero-order chi connectivity index (χ0) is 12.3. The van der Waals surface area contributed by atoms with Crippen molar-refractivity contribution in [3.05, 3.63) is 53.7 Å². The molecule has 1 aromatic carbocycles. The number of nitrogens with zero attached hydrogens (tertiary/aromatic N) is 1. The number of hydrogen-bond donors (Lipinski definition) is 1. The Morgan fingerprint density at radius 1 is 1.41 bits per heavy atom. The summed E-state index contributed by atoms with van der Waals surface area (Å²) >= 11 is 0. The quantitative estimate of drug-likeness (QED) is 0.820. The zero-order valence-corrected chi connectivity index (χ0v) is 9.55. The number of pyridine rings is 1. The number of benzene rings is 1. The topological polar surface area (TPSA) is 50.2 Å². The molecular formula is C14H13NO2. The Labute approximate surface area is 99.4 Å². The van der Waals surface area contributed by atoms with Gasteiger partial charge in [0.25, 0.3) is 0 Å². The first-order chi connectivity index (χ1) is 8.16. The van der Waals surface area contributed by atoms with Crippen LogP contribution < -0.4 is 0 Å². The number of carbonyl (C=O) groups is 1. The summed E-state index contributed by atoms with van der Waals surface area (Å²) in [5.74, 6) is -0.876. The van der Waals surface area contributed by atoms with Gasteiger partial charge in [-0.25, -0.2) is 4.79 Å². The number of carboxylic acids is 1. The number of rotatable bonds is 3. The molecule has 3 nitrogen and oxygen atoms in total. The average Bonchev–Trinajstić information content (AvgIpc) is 2.35. The highest BCUT2D eigenvalue weighted by atomic mass is 16.4. The zero-order valence-electron chi connectivity index (χ0n) is 9.55. The van der Waals surface area contributed by atoms with Gasteiger partial charge >= 0.3 is 5.97 Å². The van der Waals surface area contributed by atoms with Crippen molar-refractivity contribution in [2.45, 2.75) is 13.3 Å². The van der Waals surface area contributed by atoms with E-state index in [9.17, 15) is 4.79 Å². The Morgan fingerprint density at radius 2 is 2.18 bits per heavy atom.